The van der Waals surface area contributed by atoms with Crippen molar-refractivity contribution >= 4 is 10.0 Å². The Morgan fingerprint density at radius 1 is 1.44 bits per heavy atom. The van der Waals surface area contributed by atoms with Crippen molar-refractivity contribution in [2.75, 3.05) is 6.54 Å². The first kappa shape index (κ1) is 13.5. The van der Waals surface area contributed by atoms with Crippen LogP contribution in [0.2, 0.25) is 0 Å². The van der Waals surface area contributed by atoms with E-state index in [0.29, 0.717) is 18.8 Å². The number of pyridine rings is 1. The number of nitrogens with zero attached hydrogens (tertiary/aromatic N) is 2. The van der Waals surface area contributed by atoms with Gasteiger partial charge in [-0.25, -0.2) is 8.42 Å². The summed E-state index contributed by atoms with van der Waals surface area (Å²) < 4.78 is 26.5. The molecule has 1 saturated heterocycles. The van der Waals surface area contributed by atoms with Crippen molar-refractivity contribution in [3.05, 3.63) is 24.0 Å². The lowest BCUT2D eigenvalue weighted by Crippen LogP contribution is -2.41. The number of nitrogens with two attached hydrogens (primary N) is 1. The average Bonchev–Trinajstić information content (AvgIpc) is 2.39. The Hall–Kier alpha value is -0.980. The highest BCUT2D eigenvalue weighted by molar-refractivity contribution is 7.89. The van der Waals surface area contributed by atoms with Gasteiger partial charge in [-0.2, -0.15) is 4.31 Å². The van der Waals surface area contributed by atoms with Gasteiger partial charge in [0.2, 0.25) is 10.0 Å². The molecule has 1 aliphatic heterocycles. The summed E-state index contributed by atoms with van der Waals surface area (Å²) in [4.78, 5) is 4.31. The van der Waals surface area contributed by atoms with Crippen LogP contribution in [0.5, 0.6) is 0 Å². The maximum atomic E-state index is 12.5. The Morgan fingerprint density at radius 2 is 2.22 bits per heavy atom. The van der Waals surface area contributed by atoms with Gasteiger partial charge in [-0.1, -0.05) is 6.42 Å². The molecule has 1 aliphatic rings. The van der Waals surface area contributed by atoms with Crippen LogP contribution in [0.15, 0.2) is 23.2 Å². The lowest BCUT2D eigenvalue weighted by molar-refractivity contribution is 0.268. The summed E-state index contributed by atoms with van der Waals surface area (Å²) in [5.41, 5.74) is 6.15. The molecular formula is C12H19N3O2S. The second kappa shape index (κ2) is 5.34. The van der Waals surface area contributed by atoms with Crippen LogP contribution in [0, 0.1) is 0 Å². The maximum absolute atomic E-state index is 12.5. The quantitative estimate of drug-likeness (QED) is 0.891. The van der Waals surface area contributed by atoms with Crippen LogP contribution in [0.1, 0.15) is 31.9 Å². The Bertz CT molecular complexity index is 499. The SMILES string of the molecule is CC1CCCCN1S(=O)(=O)c1ccc(CN)nc1. The van der Waals surface area contributed by atoms with Crippen molar-refractivity contribution < 1.29 is 8.42 Å². The number of hydrogen-bond donors (Lipinski definition) is 1. The normalized spacial score (nSPS) is 22.0. The van der Waals surface area contributed by atoms with Gasteiger partial charge in [0.05, 0.1) is 5.69 Å². The van der Waals surface area contributed by atoms with Gasteiger partial charge in [-0.15, -0.1) is 0 Å². The van der Waals surface area contributed by atoms with E-state index in [1.165, 1.54) is 6.20 Å². The zero-order valence-corrected chi connectivity index (χ0v) is 11.4. The van der Waals surface area contributed by atoms with Crippen molar-refractivity contribution in [3.8, 4) is 0 Å². The number of sulfonamides is 1. The molecule has 0 aliphatic carbocycles. The molecule has 2 N–H and O–H groups in total. The minimum Gasteiger partial charge on any atom is -0.325 e. The van der Waals surface area contributed by atoms with E-state index in [-0.39, 0.29) is 10.9 Å². The van der Waals surface area contributed by atoms with Gasteiger partial charge in [-0.3, -0.25) is 4.98 Å². The van der Waals surface area contributed by atoms with Gasteiger partial charge in [0, 0.05) is 25.3 Å². The first-order valence-corrected chi connectivity index (χ1v) is 7.66. The molecule has 1 unspecified atom stereocenters. The fourth-order valence-corrected chi connectivity index (χ4v) is 3.89. The molecule has 1 aromatic heterocycles. The summed E-state index contributed by atoms with van der Waals surface area (Å²) in [6.07, 6.45) is 4.35. The number of hydrogen-bond acceptors (Lipinski definition) is 4. The summed E-state index contributed by atoms with van der Waals surface area (Å²) in [5, 5.41) is 0. The zero-order valence-electron chi connectivity index (χ0n) is 10.5. The van der Waals surface area contributed by atoms with Crippen LogP contribution in [-0.2, 0) is 16.6 Å². The van der Waals surface area contributed by atoms with Crippen molar-refractivity contribution in [1.82, 2.24) is 9.29 Å². The topological polar surface area (TPSA) is 76.3 Å². The molecule has 0 amide bonds. The number of rotatable bonds is 3. The molecule has 1 fully saturated rings. The van der Waals surface area contributed by atoms with Crippen molar-refractivity contribution in [3.63, 3.8) is 0 Å². The minimum absolute atomic E-state index is 0.0675. The van der Waals surface area contributed by atoms with Crippen LogP contribution in [0.25, 0.3) is 0 Å². The van der Waals surface area contributed by atoms with Gasteiger partial charge in [0.15, 0.2) is 0 Å². The first-order chi connectivity index (χ1) is 8.55. The van der Waals surface area contributed by atoms with Crippen molar-refractivity contribution in [2.45, 2.75) is 43.7 Å². The summed E-state index contributed by atoms with van der Waals surface area (Å²) in [6.45, 7) is 2.88. The highest BCUT2D eigenvalue weighted by atomic mass is 32.2. The fourth-order valence-electron chi connectivity index (χ4n) is 2.25. The Balaban J connectivity index is 2.28. The predicted octanol–water partition coefficient (Wildman–Crippen LogP) is 1.10. The molecule has 0 bridgehead atoms. The molecule has 1 atom stereocenters. The largest absolute Gasteiger partial charge is 0.325 e. The lowest BCUT2D eigenvalue weighted by atomic mass is 10.1. The van der Waals surface area contributed by atoms with E-state index < -0.39 is 10.0 Å². The monoisotopic (exact) mass is 269 g/mol. The highest BCUT2D eigenvalue weighted by Gasteiger charge is 2.30. The second-order valence-corrected chi connectivity index (χ2v) is 6.54. The van der Waals surface area contributed by atoms with Gasteiger partial charge >= 0.3 is 0 Å². The lowest BCUT2D eigenvalue weighted by Gasteiger charge is -2.32. The van der Waals surface area contributed by atoms with Crippen LogP contribution in [0.4, 0.5) is 0 Å². The third-order valence-corrected chi connectivity index (χ3v) is 5.35. The minimum atomic E-state index is -3.41. The van der Waals surface area contributed by atoms with E-state index in [0.717, 1.165) is 19.3 Å². The predicted molar refractivity (Wildman–Crippen MR) is 69.3 cm³/mol. The maximum Gasteiger partial charge on any atom is 0.244 e. The third-order valence-electron chi connectivity index (χ3n) is 3.36. The molecular weight excluding hydrogens is 250 g/mol. The third kappa shape index (κ3) is 2.55. The molecule has 0 saturated carbocycles. The molecule has 1 aromatic rings. The number of aromatic nitrogens is 1. The zero-order chi connectivity index (χ0) is 13.2. The fraction of sp³-hybridized carbons (Fsp3) is 0.583. The van der Waals surface area contributed by atoms with Gasteiger partial charge < -0.3 is 5.73 Å². The molecule has 6 heteroatoms. The van der Waals surface area contributed by atoms with Gasteiger partial charge in [0.25, 0.3) is 0 Å². The standard InChI is InChI=1S/C12H19N3O2S/c1-10-4-2-3-7-15(10)18(16,17)12-6-5-11(8-13)14-9-12/h5-6,9-10H,2-4,7-8,13H2,1H3. The van der Waals surface area contributed by atoms with E-state index >= 15 is 0 Å². The number of piperidine rings is 1. The second-order valence-electron chi connectivity index (χ2n) is 4.65. The van der Waals surface area contributed by atoms with Gasteiger partial charge in [0.1, 0.15) is 4.90 Å². The summed E-state index contributed by atoms with van der Waals surface area (Å²) >= 11 is 0. The van der Waals surface area contributed by atoms with Crippen molar-refractivity contribution in [2.24, 2.45) is 5.73 Å². The first-order valence-electron chi connectivity index (χ1n) is 6.22. The summed E-state index contributed by atoms with van der Waals surface area (Å²) in [7, 11) is -3.41. The Kier molecular flexibility index (Phi) is 3.99. The van der Waals surface area contributed by atoms with E-state index in [1.54, 1.807) is 16.4 Å². The molecule has 18 heavy (non-hydrogen) atoms. The van der Waals surface area contributed by atoms with Crippen molar-refractivity contribution in [1.29, 1.82) is 0 Å². The highest BCUT2D eigenvalue weighted by Crippen LogP contribution is 2.24. The van der Waals surface area contributed by atoms with E-state index in [4.69, 9.17) is 5.73 Å². The Morgan fingerprint density at radius 3 is 2.78 bits per heavy atom. The van der Waals surface area contributed by atoms with Gasteiger partial charge in [-0.05, 0) is 31.9 Å². The molecule has 2 heterocycles. The molecule has 5 nitrogen and oxygen atoms in total. The van der Waals surface area contributed by atoms with Crippen LogP contribution >= 0.6 is 0 Å². The van der Waals surface area contributed by atoms with Crippen LogP contribution in [0.3, 0.4) is 0 Å². The summed E-state index contributed by atoms with van der Waals surface area (Å²) in [6, 6.07) is 3.32. The molecule has 0 aromatic carbocycles. The Labute approximate surface area is 108 Å². The average molecular weight is 269 g/mol. The van der Waals surface area contributed by atoms with E-state index in [2.05, 4.69) is 4.98 Å². The van der Waals surface area contributed by atoms with E-state index in [9.17, 15) is 8.42 Å². The van der Waals surface area contributed by atoms with Crippen LogP contribution < -0.4 is 5.73 Å². The molecule has 100 valence electrons. The molecule has 2 rings (SSSR count). The molecule has 0 radical (unpaired) electrons. The van der Waals surface area contributed by atoms with Crippen LogP contribution in [-0.4, -0.2) is 30.3 Å². The molecule has 0 spiro atoms. The smallest absolute Gasteiger partial charge is 0.244 e. The summed E-state index contributed by atoms with van der Waals surface area (Å²) in [5.74, 6) is 0. The van der Waals surface area contributed by atoms with E-state index in [1.807, 2.05) is 6.92 Å².